The topological polar surface area (TPSA) is 0 Å². The Kier molecular flexibility index (Phi) is 4.08. The third-order valence-electron chi connectivity index (χ3n) is 1.54. The monoisotopic (exact) mass is 355 g/mol. The van der Waals surface area contributed by atoms with E-state index >= 15 is 0 Å². The van der Waals surface area contributed by atoms with E-state index < -0.39 is 43.5 Å². The highest BCUT2D eigenvalue weighted by atomic mass is 127. The van der Waals surface area contributed by atoms with Crippen molar-refractivity contribution in [2.75, 3.05) is 4.43 Å². The normalized spacial score (nSPS) is 12.9. The van der Waals surface area contributed by atoms with Crippen molar-refractivity contribution in [1.82, 2.24) is 0 Å². The molecule has 0 saturated carbocycles. The molecule has 0 aliphatic heterocycles. The lowest BCUT2D eigenvalue weighted by molar-refractivity contribution is -0.651. The Balaban J connectivity index is 2.88. The predicted octanol–water partition coefficient (Wildman–Crippen LogP) is 0.526. The first-order valence-corrected chi connectivity index (χ1v) is 6.63. The van der Waals surface area contributed by atoms with E-state index in [4.69, 9.17) is 0 Å². The van der Waals surface area contributed by atoms with Gasteiger partial charge in [0.1, 0.15) is 5.56 Å². The van der Waals surface area contributed by atoms with E-state index in [1.807, 2.05) is 0 Å². The van der Waals surface area contributed by atoms with Gasteiger partial charge in [-0.3, -0.25) is 0 Å². The third kappa shape index (κ3) is 4.18. The summed E-state index contributed by atoms with van der Waals surface area (Å²) in [5.74, 6) is 0. The fourth-order valence-electron chi connectivity index (χ4n) is 0.955. The van der Waals surface area contributed by atoms with Crippen molar-refractivity contribution >= 4 is 0 Å². The lowest BCUT2D eigenvalue weighted by Crippen LogP contribution is -3.63. The minimum absolute atomic E-state index is 0.217. The van der Waals surface area contributed by atoms with Crippen LogP contribution in [-0.4, -0.2) is 10.6 Å². The molecule has 0 N–H and O–H groups in total. The van der Waals surface area contributed by atoms with E-state index in [0.717, 1.165) is 12.1 Å². The van der Waals surface area contributed by atoms with E-state index in [2.05, 4.69) is 0 Å². The van der Waals surface area contributed by atoms with Crippen molar-refractivity contribution < 1.29 is 47.5 Å². The number of hydrogen-bond donors (Lipinski definition) is 0. The molecule has 0 aliphatic rings. The van der Waals surface area contributed by atoms with Gasteiger partial charge in [0.15, 0.2) is 0 Å². The van der Waals surface area contributed by atoms with Crippen molar-refractivity contribution in [3.63, 3.8) is 0 Å². The second kappa shape index (κ2) is 4.80. The van der Waals surface area contributed by atoms with Crippen LogP contribution in [-0.2, 0) is 6.18 Å². The number of halogens is 7. The summed E-state index contributed by atoms with van der Waals surface area (Å²) in [4.78, 5) is 0. The Labute approximate surface area is 97.9 Å². The highest BCUT2D eigenvalue weighted by Crippen LogP contribution is 2.28. The van der Waals surface area contributed by atoms with Gasteiger partial charge in [0.25, 0.3) is 0 Å². The van der Waals surface area contributed by atoms with Crippen LogP contribution in [0.5, 0.6) is 0 Å². The van der Waals surface area contributed by atoms with Gasteiger partial charge >= 0.3 is 33.6 Å². The average molecular weight is 355 g/mol. The molecule has 0 fully saturated rings. The molecule has 16 heavy (non-hydrogen) atoms. The van der Waals surface area contributed by atoms with Crippen LogP contribution in [0.1, 0.15) is 5.56 Å². The molecule has 0 aliphatic carbocycles. The number of hydrogen-bond acceptors (Lipinski definition) is 0. The van der Waals surface area contributed by atoms with Crippen LogP contribution < -0.4 is 21.2 Å². The molecule has 1 rings (SSSR count). The Hall–Kier alpha value is -0.470. The smallest absolute Gasteiger partial charge is 0.166 e. The van der Waals surface area contributed by atoms with Gasteiger partial charge in [-0.2, -0.15) is 26.3 Å². The van der Waals surface area contributed by atoms with Crippen molar-refractivity contribution in [3.8, 4) is 0 Å². The summed E-state index contributed by atoms with van der Waals surface area (Å²) in [7, 11) is 0. The van der Waals surface area contributed by atoms with Gasteiger partial charge in [-0.25, -0.2) is 0 Å². The van der Waals surface area contributed by atoms with E-state index in [-0.39, 0.29) is 3.57 Å². The highest BCUT2D eigenvalue weighted by molar-refractivity contribution is 5.17. The second-order valence-corrected chi connectivity index (χ2v) is 5.55. The molecule has 1 aromatic rings. The lowest BCUT2D eigenvalue weighted by Gasteiger charge is -2.05. The van der Waals surface area contributed by atoms with Crippen LogP contribution in [0.2, 0.25) is 0 Å². The minimum atomic E-state index is -4.58. The van der Waals surface area contributed by atoms with Gasteiger partial charge in [-0.15, -0.1) is 0 Å². The SMILES string of the molecule is FC(F)(F)C[I+]c1ccccc1C(F)(F)F. The number of benzene rings is 1. The van der Waals surface area contributed by atoms with Crippen LogP contribution in [0, 0.1) is 3.57 Å². The molecule has 0 unspecified atom stereocenters. The van der Waals surface area contributed by atoms with Crippen molar-refractivity contribution in [3.05, 3.63) is 33.4 Å². The van der Waals surface area contributed by atoms with E-state index in [0.29, 0.717) is 0 Å². The Bertz CT molecular complexity index is 354. The molecule has 1 aromatic carbocycles. The summed E-state index contributed by atoms with van der Waals surface area (Å²) in [5, 5.41) is 0. The number of rotatable bonds is 2. The van der Waals surface area contributed by atoms with Gasteiger partial charge in [0.2, 0.25) is 8.00 Å². The minimum Gasteiger partial charge on any atom is -0.166 e. The van der Waals surface area contributed by atoms with E-state index in [1.165, 1.54) is 12.1 Å². The van der Waals surface area contributed by atoms with Gasteiger partial charge in [-0.05, 0) is 12.1 Å². The Morgan fingerprint density at radius 2 is 1.50 bits per heavy atom. The predicted molar refractivity (Wildman–Crippen MR) is 41.1 cm³/mol. The fraction of sp³-hybridized carbons (Fsp3) is 0.333. The van der Waals surface area contributed by atoms with E-state index in [1.54, 1.807) is 0 Å². The summed E-state index contributed by atoms with van der Waals surface area (Å²) >= 11 is -1.70. The summed E-state index contributed by atoms with van der Waals surface area (Å²) in [6.45, 7) is 0. The molecule has 0 radical (unpaired) electrons. The first-order valence-electron chi connectivity index (χ1n) is 4.02. The molecule has 0 atom stereocenters. The van der Waals surface area contributed by atoms with Gasteiger partial charge in [-0.1, -0.05) is 12.1 Å². The van der Waals surface area contributed by atoms with E-state index in [9.17, 15) is 26.3 Å². The number of alkyl halides is 7. The van der Waals surface area contributed by atoms with Crippen molar-refractivity contribution in [2.24, 2.45) is 0 Å². The molecular weight excluding hydrogens is 349 g/mol. The van der Waals surface area contributed by atoms with Crippen LogP contribution >= 0.6 is 0 Å². The maximum atomic E-state index is 12.4. The summed E-state index contributed by atoms with van der Waals surface area (Å²) in [6, 6.07) is 4.41. The fourth-order valence-corrected chi connectivity index (χ4v) is 3.16. The highest BCUT2D eigenvalue weighted by Gasteiger charge is 2.42. The molecule has 7 heteroatoms. The molecule has 0 heterocycles. The van der Waals surface area contributed by atoms with Gasteiger partial charge < -0.3 is 0 Å². The molecule has 0 aromatic heterocycles. The first kappa shape index (κ1) is 13.6. The molecule has 0 bridgehead atoms. The zero-order valence-corrected chi connectivity index (χ0v) is 9.82. The Morgan fingerprint density at radius 1 is 0.938 bits per heavy atom. The van der Waals surface area contributed by atoms with Crippen LogP contribution in [0.25, 0.3) is 0 Å². The lowest BCUT2D eigenvalue weighted by atomic mass is 10.2. The van der Waals surface area contributed by atoms with Crippen molar-refractivity contribution in [2.45, 2.75) is 12.4 Å². The van der Waals surface area contributed by atoms with Crippen molar-refractivity contribution in [1.29, 1.82) is 0 Å². The molecule has 0 amide bonds. The third-order valence-corrected chi connectivity index (χ3v) is 4.55. The Morgan fingerprint density at radius 3 is 2.00 bits per heavy atom. The summed E-state index contributed by atoms with van der Waals surface area (Å²) < 4.78 is 71.6. The van der Waals surface area contributed by atoms with Gasteiger partial charge in [0, 0.05) is 0 Å². The summed E-state index contributed by atoms with van der Waals surface area (Å²) in [6.07, 6.45) is -8.98. The second-order valence-electron chi connectivity index (χ2n) is 2.86. The van der Waals surface area contributed by atoms with Crippen LogP contribution in [0.15, 0.2) is 24.3 Å². The molecular formula is C9H6F6I+. The van der Waals surface area contributed by atoms with Crippen LogP contribution in [0.4, 0.5) is 26.3 Å². The zero-order valence-electron chi connectivity index (χ0n) is 7.66. The largest absolute Gasteiger partial charge is 0.432 e. The van der Waals surface area contributed by atoms with Crippen LogP contribution in [0.3, 0.4) is 0 Å². The maximum absolute atomic E-state index is 12.4. The average Bonchev–Trinajstić information content (AvgIpc) is 2.12. The zero-order chi connectivity index (χ0) is 12.4. The molecule has 90 valence electrons. The molecule has 0 nitrogen and oxygen atoms in total. The quantitative estimate of drug-likeness (QED) is 0.413. The maximum Gasteiger partial charge on any atom is 0.432 e. The molecule has 0 saturated heterocycles. The standard InChI is InChI=1S/C9H6F6I/c10-8(11,12)5-16-7-4-2-1-3-6(7)9(13,14)15/h1-4H,5H2/q+1. The first-order chi connectivity index (χ1) is 7.20. The molecule has 0 spiro atoms. The van der Waals surface area contributed by atoms with Gasteiger partial charge in [0.05, 0.1) is 0 Å². The summed E-state index contributed by atoms with van der Waals surface area (Å²) in [5.41, 5.74) is -0.952.